The minimum Gasteiger partial charge on any atom is -0.344 e. The lowest BCUT2D eigenvalue weighted by Crippen LogP contribution is -2.31. The molecule has 3 aromatic rings. The van der Waals surface area contributed by atoms with Gasteiger partial charge in [-0.15, -0.1) is 5.10 Å². The first kappa shape index (κ1) is 15.8. The summed E-state index contributed by atoms with van der Waals surface area (Å²) in [6.07, 6.45) is 4.64. The topological polar surface area (TPSA) is 80.7 Å². The Morgan fingerprint density at radius 2 is 2.12 bits per heavy atom. The Hall–Kier alpha value is -2.67. The van der Waals surface area contributed by atoms with Crippen molar-refractivity contribution in [2.24, 2.45) is 0 Å². The molecule has 0 unspecified atom stereocenters. The lowest BCUT2D eigenvalue weighted by molar-refractivity contribution is 0.0936. The molecule has 1 amide bonds. The fourth-order valence-electron chi connectivity index (χ4n) is 3.09. The van der Waals surface area contributed by atoms with Gasteiger partial charge in [-0.1, -0.05) is 34.8 Å². The van der Waals surface area contributed by atoms with Crippen LogP contribution in [0.1, 0.15) is 45.5 Å². The second-order valence-corrected chi connectivity index (χ2v) is 6.82. The first-order chi connectivity index (χ1) is 12.2. The maximum atomic E-state index is 12.5. The smallest absolute Gasteiger partial charge is 0.265 e. The number of aromatic nitrogens is 4. The van der Waals surface area contributed by atoms with Crippen LogP contribution in [0.4, 0.5) is 0 Å². The van der Waals surface area contributed by atoms with E-state index in [0.717, 1.165) is 53.4 Å². The summed E-state index contributed by atoms with van der Waals surface area (Å²) < 4.78 is 3.83. The second kappa shape index (κ2) is 6.68. The largest absolute Gasteiger partial charge is 0.344 e. The summed E-state index contributed by atoms with van der Waals surface area (Å²) in [5.74, 6) is 0.603. The summed E-state index contributed by atoms with van der Waals surface area (Å²) in [7, 11) is 0. The number of amides is 1. The number of carbonyl (C=O) groups excluding carboxylic acids is 1. The average Bonchev–Trinajstić information content (AvgIpc) is 3.08. The Morgan fingerprint density at radius 3 is 2.88 bits per heavy atom. The number of hydrogen-bond acceptors (Lipinski definition) is 6. The van der Waals surface area contributed by atoms with Gasteiger partial charge in [0, 0.05) is 23.0 Å². The molecule has 0 aliphatic heterocycles. The Labute approximate surface area is 149 Å². The fraction of sp³-hybridized carbons (Fsp3) is 0.278. The van der Waals surface area contributed by atoms with E-state index >= 15 is 0 Å². The van der Waals surface area contributed by atoms with Crippen molar-refractivity contribution in [2.45, 2.75) is 32.2 Å². The number of benzene rings is 1. The van der Waals surface area contributed by atoms with Crippen LogP contribution >= 0.6 is 11.5 Å². The van der Waals surface area contributed by atoms with Gasteiger partial charge >= 0.3 is 0 Å². The normalized spacial score (nSPS) is 16.3. The molecule has 6 nitrogen and oxygen atoms in total. The van der Waals surface area contributed by atoms with Gasteiger partial charge in [0.05, 0.1) is 11.7 Å². The number of carbonyl (C=O) groups is 1. The van der Waals surface area contributed by atoms with Crippen molar-refractivity contribution in [3.8, 4) is 11.4 Å². The third-order valence-electron chi connectivity index (χ3n) is 4.38. The minimum absolute atomic E-state index is 0.0671. The Bertz CT molecular complexity index is 909. The van der Waals surface area contributed by atoms with E-state index in [4.69, 9.17) is 4.98 Å². The zero-order valence-corrected chi connectivity index (χ0v) is 14.6. The molecule has 1 aromatic carbocycles. The number of nitrogens with zero attached hydrogens (tertiary/aromatic N) is 4. The number of nitrogens with one attached hydrogen (secondary N) is 1. The van der Waals surface area contributed by atoms with Gasteiger partial charge < -0.3 is 5.32 Å². The monoisotopic (exact) mass is 351 g/mol. The minimum atomic E-state index is -0.127. The van der Waals surface area contributed by atoms with E-state index in [-0.39, 0.29) is 11.9 Å². The van der Waals surface area contributed by atoms with Gasteiger partial charge in [0.2, 0.25) is 0 Å². The molecule has 1 atom stereocenters. The standard InChI is InChI=1S/C18H17N5OS/c1-11-16(25-23-22-11)18(24)21-15-9-5-8-14-13(15)10-19-17(20-14)12-6-3-2-4-7-12/h2-4,6-7,10,15H,5,8-9H2,1H3,(H,21,24)/t15-/m0/s1. The highest BCUT2D eigenvalue weighted by atomic mass is 32.1. The van der Waals surface area contributed by atoms with Crippen LogP contribution in [0.3, 0.4) is 0 Å². The first-order valence-corrected chi connectivity index (χ1v) is 9.01. The van der Waals surface area contributed by atoms with Crippen LogP contribution in [-0.4, -0.2) is 25.5 Å². The van der Waals surface area contributed by atoms with E-state index in [1.807, 2.05) is 36.5 Å². The summed E-state index contributed by atoms with van der Waals surface area (Å²) >= 11 is 1.12. The maximum absolute atomic E-state index is 12.5. The zero-order chi connectivity index (χ0) is 17.2. The molecule has 1 aliphatic carbocycles. The van der Waals surface area contributed by atoms with Crippen molar-refractivity contribution >= 4 is 17.4 Å². The number of hydrogen-bond donors (Lipinski definition) is 1. The molecule has 0 saturated heterocycles. The summed E-state index contributed by atoms with van der Waals surface area (Å²) in [6.45, 7) is 1.79. The third-order valence-corrected chi connectivity index (χ3v) is 5.20. The van der Waals surface area contributed by atoms with E-state index in [1.165, 1.54) is 0 Å². The Balaban J connectivity index is 1.60. The highest BCUT2D eigenvalue weighted by Gasteiger charge is 2.25. The molecule has 7 heteroatoms. The van der Waals surface area contributed by atoms with Crippen LogP contribution in [-0.2, 0) is 6.42 Å². The van der Waals surface area contributed by atoms with Crippen molar-refractivity contribution in [3.05, 3.63) is 58.4 Å². The van der Waals surface area contributed by atoms with Crippen LogP contribution in [0.2, 0.25) is 0 Å². The van der Waals surface area contributed by atoms with Crippen molar-refractivity contribution in [1.82, 2.24) is 24.9 Å². The lowest BCUT2D eigenvalue weighted by atomic mass is 9.92. The van der Waals surface area contributed by atoms with E-state index in [0.29, 0.717) is 10.6 Å². The van der Waals surface area contributed by atoms with Gasteiger partial charge in [-0.2, -0.15) is 0 Å². The molecule has 25 heavy (non-hydrogen) atoms. The van der Waals surface area contributed by atoms with Crippen molar-refractivity contribution < 1.29 is 4.79 Å². The predicted molar refractivity (Wildman–Crippen MR) is 95.3 cm³/mol. The van der Waals surface area contributed by atoms with Gasteiger partial charge in [0.1, 0.15) is 4.88 Å². The van der Waals surface area contributed by atoms with Crippen LogP contribution in [0.25, 0.3) is 11.4 Å². The Morgan fingerprint density at radius 1 is 1.28 bits per heavy atom. The Kier molecular flexibility index (Phi) is 4.23. The molecule has 0 fully saturated rings. The van der Waals surface area contributed by atoms with Gasteiger partial charge in [-0.3, -0.25) is 4.79 Å². The first-order valence-electron chi connectivity index (χ1n) is 8.23. The molecule has 2 aromatic heterocycles. The maximum Gasteiger partial charge on any atom is 0.265 e. The zero-order valence-electron chi connectivity index (χ0n) is 13.8. The van der Waals surface area contributed by atoms with Crippen LogP contribution < -0.4 is 5.32 Å². The van der Waals surface area contributed by atoms with E-state index < -0.39 is 0 Å². The van der Waals surface area contributed by atoms with Crippen LogP contribution in [0.15, 0.2) is 36.5 Å². The third kappa shape index (κ3) is 3.15. The summed E-state index contributed by atoms with van der Waals surface area (Å²) in [4.78, 5) is 22.3. The van der Waals surface area contributed by atoms with Crippen molar-refractivity contribution in [1.29, 1.82) is 0 Å². The molecule has 126 valence electrons. The average molecular weight is 351 g/mol. The van der Waals surface area contributed by atoms with Crippen LogP contribution in [0.5, 0.6) is 0 Å². The SMILES string of the molecule is Cc1nnsc1C(=O)N[C@H]1CCCc2nc(-c3ccccc3)ncc21. The fourth-order valence-corrected chi connectivity index (χ4v) is 3.65. The van der Waals surface area contributed by atoms with Gasteiger partial charge in [-0.05, 0) is 37.7 Å². The highest BCUT2D eigenvalue weighted by molar-refractivity contribution is 7.08. The summed E-state index contributed by atoms with van der Waals surface area (Å²) in [5.41, 5.74) is 3.69. The van der Waals surface area contributed by atoms with E-state index in [9.17, 15) is 4.79 Å². The van der Waals surface area contributed by atoms with Crippen molar-refractivity contribution in [2.75, 3.05) is 0 Å². The number of rotatable bonds is 3. The van der Waals surface area contributed by atoms with Gasteiger partial charge in [-0.25, -0.2) is 9.97 Å². The molecule has 1 aliphatic rings. The molecule has 2 heterocycles. The summed E-state index contributed by atoms with van der Waals surface area (Å²) in [5, 5.41) is 6.99. The molecule has 4 rings (SSSR count). The van der Waals surface area contributed by atoms with Gasteiger partial charge in [0.15, 0.2) is 5.82 Å². The number of aryl methyl sites for hydroxylation is 2. The molecular weight excluding hydrogens is 334 g/mol. The second-order valence-electron chi connectivity index (χ2n) is 6.07. The molecule has 0 saturated carbocycles. The summed E-state index contributed by atoms with van der Waals surface area (Å²) in [6, 6.07) is 9.87. The van der Waals surface area contributed by atoms with Crippen LogP contribution in [0, 0.1) is 6.92 Å². The predicted octanol–water partition coefficient (Wildman–Crippen LogP) is 3.11. The number of fused-ring (bicyclic) bond motifs is 1. The molecular formula is C18H17N5OS. The van der Waals surface area contributed by atoms with E-state index in [1.54, 1.807) is 6.92 Å². The lowest BCUT2D eigenvalue weighted by Gasteiger charge is -2.25. The molecule has 0 spiro atoms. The highest BCUT2D eigenvalue weighted by Crippen LogP contribution is 2.30. The quantitative estimate of drug-likeness (QED) is 0.784. The van der Waals surface area contributed by atoms with Crippen molar-refractivity contribution in [3.63, 3.8) is 0 Å². The molecule has 0 bridgehead atoms. The molecule has 0 radical (unpaired) electrons. The molecule has 1 N–H and O–H groups in total. The van der Waals surface area contributed by atoms with Gasteiger partial charge in [0.25, 0.3) is 5.91 Å². The van der Waals surface area contributed by atoms with E-state index in [2.05, 4.69) is 19.9 Å².